The average molecular weight is 277 g/mol. The Hall–Kier alpha value is -0.890. The van der Waals surface area contributed by atoms with Crippen LogP contribution in [-0.2, 0) is 6.42 Å². The summed E-state index contributed by atoms with van der Waals surface area (Å²) in [6, 6.07) is 5.70. The van der Waals surface area contributed by atoms with Gasteiger partial charge in [0.25, 0.3) is 0 Å². The highest BCUT2D eigenvalue weighted by molar-refractivity contribution is 5.27. The van der Waals surface area contributed by atoms with Crippen molar-refractivity contribution in [2.75, 3.05) is 6.54 Å². The molecule has 1 aromatic rings. The maximum absolute atomic E-state index is 13.2. The number of likely N-dealkylation sites (N-methyl/N-ethyl adjacent to an activating group) is 1. The largest absolute Gasteiger partial charge is 0.314 e. The molecule has 1 fully saturated rings. The molecule has 0 spiro atoms. The second kappa shape index (κ2) is 6.26. The first kappa shape index (κ1) is 15.5. The molecule has 0 radical (unpaired) electrons. The zero-order valence-electron chi connectivity index (χ0n) is 13.3. The summed E-state index contributed by atoms with van der Waals surface area (Å²) in [6.45, 7) is 9.98. The Morgan fingerprint density at radius 2 is 2.15 bits per heavy atom. The van der Waals surface area contributed by atoms with Crippen LogP contribution in [0.5, 0.6) is 0 Å². The topological polar surface area (TPSA) is 12.0 Å². The summed E-state index contributed by atoms with van der Waals surface area (Å²) < 4.78 is 13.2. The van der Waals surface area contributed by atoms with Gasteiger partial charge in [0.1, 0.15) is 5.82 Å². The fraction of sp³-hybridized carbons (Fsp3) is 0.667. The van der Waals surface area contributed by atoms with E-state index in [0.717, 1.165) is 18.5 Å². The van der Waals surface area contributed by atoms with E-state index in [1.165, 1.54) is 24.8 Å². The summed E-state index contributed by atoms with van der Waals surface area (Å²) in [5.41, 5.74) is 2.77. The molecule has 2 heteroatoms. The Kier molecular flexibility index (Phi) is 4.85. The Bertz CT molecular complexity index is 453. The van der Waals surface area contributed by atoms with Gasteiger partial charge in [-0.05, 0) is 67.3 Å². The Balaban J connectivity index is 2.17. The molecular weight excluding hydrogens is 249 g/mol. The lowest BCUT2D eigenvalue weighted by Gasteiger charge is -2.35. The van der Waals surface area contributed by atoms with Crippen molar-refractivity contribution in [3.8, 4) is 0 Å². The standard InChI is InChI=1S/C18H28FN/c1-5-20-17(16-7-6-10-18(16,3)4)12-14-8-9-15(19)11-13(14)2/h8-9,11,16-17,20H,5-7,10,12H2,1-4H3. The molecule has 1 aliphatic carbocycles. The van der Waals surface area contributed by atoms with E-state index in [1.807, 2.05) is 13.0 Å². The van der Waals surface area contributed by atoms with Crippen molar-refractivity contribution in [2.24, 2.45) is 11.3 Å². The van der Waals surface area contributed by atoms with Gasteiger partial charge in [-0.25, -0.2) is 4.39 Å². The van der Waals surface area contributed by atoms with Crippen LogP contribution >= 0.6 is 0 Å². The van der Waals surface area contributed by atoms with E-state index in [0.29, 0.717) is 17.4 Å². The first-order valence-corrected chi connectivity index (χ1v) is 7.92. The van der Waals surface area contributed by atoms with E-state index in [1.54, 1.807) is 12.1 Å². The van der Waals surface area contributed by atoms with E-state index in [4.69, 9.17) is 0 Å². The van der Waals surface area contributed by atoms with Gasteiger partial charge in [0.2, 0.25) is 0 Å². The first-order valence-electron chi connectivity index (χ1n) is 7.92. The van der Waals surface area contributed by atoms with Crippen LogP contribution in [-0.4, -0.2) is 12.6 Å². The third-order valence-electron chi connectivity index (χ3n) is 5.04. The second-order valence-corrected chi connectivity index (χ2v) is 6.93. The van der Waals surface area contributed by atoms with Gasteiger partial charge in [0.15, 0.2) is 0 Å². The number of nitrogens with one attached hydrogen (secondary N) is 1. The van der Waals surface area contributed by atoms with Crippen molar-refractivity contribution >= 4 is 0 Å². The monoisotopic (exact) mass is 277 g/mol. The molecule has 0 heterocycles. The maximum atomic E-state index is 13.2. The van der Waals surface area contributed by atoms with Gasteiger partial charge in [-0.1, -0.05) is 33.3 Å². The molecule has 1 aromatic carbocycles. The van der Waals surface area contributed by atoms with Crippen LogP contribution in [0.15, 0.2) is 18.2 Å². The quantitative estimate of drug-likeness (QED) is 0.836. The third-order valence-corrected chi connectivity index (χ3v) is 5.04. The molecule has 0 amide bonds. The zero-order valence-corrected chi connectivity index (χ0v) is 13.3. The van der Waals surface area contributed by atoms with Crippen molar-refractivity contribution in [1.29, 1.82) is 0 Å². The smallest absolute Gasteiger partial charge is 0.123 e. The second-order valence-electron chi connectivity index (χ2n) is 6.93. The Morgan fingerprint density at radius 3 is 2.70 bits per heavy atom. The summed E-state index contributed by atoms with van der Waals surface area (Å²) in [5, 5.41) is 3.68. The van der Waals surface area contributed by atoms with E-state index >= 15 is 0 Å². The molecule has 1 nitrogen and oxygen atoms in total. The minimum Gasteiger partial charge on any atom is -0.314 e. The Morgan fingerprint density at radius 1 is 1.40 bits per heavy atom. The van der Waals surface area contributed by atoms with Gasteiger partial charge >= 0.3 is 0 Å². The molecule has 20 heavy (non-hydrogen) atoms. The van der Waals surface area contributed by atoms with Crippen molar-refractivity contribution in [3.05, 3.63) is 35.1 Å². The van der Waals surface area contributed by atoms with Gasteiger partial charge in [-0.3, -0.25) is 0 Å². The van der Waals surface area contributed by atoms with E-state index in [9.17, 15) is 4.39 Å². The maximum Gasteiger partial charge on any atom is 0.123 e. The van der Waals surface area contributed by atoms with Gasteiger partial charge in [0.05, 0.1) is 0 Å². The van der Waals surface area contributed by atoms with Crippen molar-refractivity contribution in [1.82, 2.24) is 5.32 Å². The predicted octanol–water partition coefficient (Wildman–Crippen LogP) is 4.48. The summed E-state index contributed by atoms with van der Waals surface area (Å²) in [7, 11) is 0. The van der Waals surface area contributed by atoms with Crippen molar-refractivity contribution in [3.63, 3.8) is 0 Å². The SMILES string of the molecule is CCNC(Cc1ccc(F)cc1C)C1CCCC1(C)C. The molecule has 1 saturated carbocycles. The summed E-state index contributed by atoms with van der Waals surface area (Å²) >= 11 is 0. The van der Waals surface area contributed by atoms with Crippen molar-refractivity contribution in [2.45, 2.75) is 59.4 Å². The number of hydrogen-bond acceptors (Lipinski definition) is 1. The highest BCUT2D eigenvalue weighted by atomic mass is 19.1. The molecule has 0 bridgehead atoms. The van der Waals surface area contributed by atoms with Crippen LogP contribution in [0.25, 0.3) is 0 Å². The molecular formula is C18H28FN. The summed E-state index contributed by atoms with van der Waals surface area (Å²) in [4.78, 5) is 0. The summed E-state index contributed by atoms with van der Waals surface area (Å²) in [6.07, 6.45) is 4.98. The molecule has 2 rings (SSSR count). The highest BCUT2D eigenvalue weighted by Gasteiger charge is 2.39. The molecule has 1 N–H and O–H groups in total. The van der Waals surface area contributed by atoms with Crippen LogP contribution in [0.2, 0.25) is 0 Å². The number of halogens is 1. The molecule has 0 aliphatic heterocycles. The van der Waals surface area contributed by atoms with E-state index < -0.39 is 0 Å². The van der Waals surface area contributed by atoms with E-state index in [-0.39, 0.29) is 5.82 Å². The lowest BCUT2D eigenvalue weighted by atomic mass is 9.75. The summed E-state index contributed by atoms with van der Waals surface area (Å²) in [5.74, 6) is 0.583. The van der Waals surface area contributed by atoms with Crippen LogP contribution in [0.3, 0.4) is 0 Å². The number of rotatable bonds is 5. The molecule has 1 aliphatic rings. The highest BCUT2D eigenvalue weighted by Crippen LogP contribution is 2.45. The lowest BCUT2D eigenvalue weighted by Crippen LogP contribution is -2.42. The molecule has 0 saturated heterocycles. The third kappa shape index (κ3) is 3.41. The zero-order chi connectivity index (χ0) is 14.8. The minimum absolute atomic E-state index is 0.132. The minimum atomic E-state index is -0.132. The lowest BCUT2D eigenvalue weighted by molar-refractivity contribution is 0.197. The molecule has 0 aromatic heterocycles. The van der Waals surface area contributed by atoms with Crippen LogP contribution in [0.4, 0.5) is 4.39 Å². The van der Waals surface area contributed by atoms with Gasteiger partial charge < -0.3 is 5.32 Å². The molecule has 2 unspecified atom stereocenters. The number of hydrogen-bond donors (Lipinski definition) is 1. The average Bonchev–Trinajstić information content (AvgIpc) is 2.71. The Labute approximate surface area is 123 Å². The fourth-order valence-electron chi connectivity index (χ4n) is 3.84. The molecule has 112 valence electrons. The normalized spacial score (nSPS) is 22.9. The van der Waals surface area contributed by atoms with E-state index in [2.05, 4.69) is 26.1 Å². The van der Waals surface area contributed by atoms with Gasteiger partial charge in [-0.2, -0.15) is 0 Å². The van der Waals surface area contributed by atoms with Crippen LogP contribution in [0.1, 0.15) is 51.2 Å². The predicted molar refractivity (Wildman–Crippen MR) is 83.4 cm³/mol. The first-order chi connectivity index (χ1) is 9.44. The van der Waals surface area contributed by atoms with Gasteiger partial charge in [-0.15, -0.1) is 0 Å². The molecule has 2 atom stereocenters. The van der Waals surface area contributed by atoms with Crippen LogP contribution < -0.4 is 5.32 Å². The van der Waals surface area contributed by atoms with Gasteiger partial charge in [0, 0.05) is 6.04 Å². The number of aryl methyl sites for hydroxylation is 1. The van der Waals surface area contributed by atoms with Crippen molar-refractivity contribution < 1.29 is 4.39 Å². The number of benzene rings is 1. The fourth-order valence-corrected chi connectivity index (χ4v) is 3.84. The van der Waals surface area contributed by atoms with Crippen LogP contribution in [0, 0.1) is 24.1 Å².